The minimum Gasteiger partial charge on any atom is -0.497 e. The summed E-state index contributed by atoms with van der Waals surface area (Å²) in [6.07, 6.45) is 3.57. The molecule has 0 atom stereocenters. The van der Waals surface area contributed by atoms with Gasteiger partial charge >= 0.3 is 0 Å². The second-order valence-corrected chi connectivity index (χ2v) is 4.16. The third kappa shape index (κ3) is 2.57. The topological polar surface area (TPSA) is 25.4 Å². The van der Waals surface area contributed by atoms with Gasteiger partial charge in [-0.1, -0.05) is 0 Å². The molecule has 0 amide bonds. The lowest BCUT2D eigenvalue weighted by atomic mass is 10.2. The zero-order valence-electron chi connectivity index (χ0n) is 10.4. The van der Waals surface area contributed by atoms with Crippen molar-refractivity contribution >= 4 is 23.0 Å². The van der Waals surface area contributed by atoms with Crippen LogP contribution in [0.4, 0.5) is 11.4 Å². The molecule has 0 bridgehead atoms. The Morgan fingerprint density at radius 1 is 1.22 bits per heavy atom. The van der Waals surface area contributed by atoms with Crippen LogP contribution in [0.25, 0.3) is 0 Å². The minimum atomic E-state index is 0.471. The Hall–Kier alpha value is -1.74. The van der Waals surface area contributed by atoms with Gasteiger partial charge in [0.05, 0.1) is 19.0 Å². The van der Waals surface area contributed by atoms with Gasteiger partial charge in [-0.2, -0.15) is 0 Å². The van der Waals surface area contributed by atoms with E-state index in [0.717, 1.165) is 22.7 Å². The van der Waals surface area contributed by atoms with Crippen molar-refractivity contribution in [2.45, 2.75) is 5.88 Å². The van der Waals surface area contributed by atoms with Gasteiger partial charge in [0.2, 0.25) is 0 Å². The molecule has 3 nitrogen and oxygen atoms in total. The number of pyridine rings is 1. The highest BCUT2D eigenvalue weighted by Gasteiger charge is 2.08. The van der Waals surface area contributed by atoms with Gasteiger partial charge < -0.3 is 9.64 Å². The molecule has 18 heavy (non-hydrogen) atoms. The fraction of sp³-hybridized carbons (Fsp3) is 0.214. The molecule has 0 aliphatic rings. The van der Waals surface area contributed by atoms with Gasteiger partial charge in [0.15, 0.2) is 0 Å². The summed E-state index contributed by atoms with van der Waals surface area (Å²) in [5.41, 5.74) is 3.14. The van der Waals surface area contributed by atoms with E-state index >= 15 is 0 Å². The quantitative estimate of drug-likeness (QED) is 0.788. The number of ether oxygens (including phenoxy) is 1. The Balaban J connectivity index is 2.31. The first kappa shape index (κ1) is 12.7. The lowest BCUT2D eigenvalue weighted by Gasteiger charge is -2.21. The molecule has 1 aromatic heterocycles. The zero-order chi connectivity index (χ0) is 13.0. The Labute approximate surface area is 112 Å². The molecule has 0 spiro atoms. The number of aromatic nitrogens is 1. The Bertz CT molecular complexity index is 513. The molecule has 2 rings (SSSR count). The molecular formula is C14H15ClN2O. The Morgan fingerprint density at radius 3 is 2.56 bits per heavy atom. The van der Waals surface area contributed by atoms with Gasteiger partial charge in [0.25, 0.3) is 0 Å². The van der Waals surface area contributed by atoms with E-state index in [1.54, 1.807) is 13.3 Å². The number of nitrogens with zero attached hydrogens (tertiary/aromatic N) is 2. The Morgan fingerprint density at radius 2 is 1.94 bits per heavy atom. The average molecular weight is 263 g/mol. The molecule has 0 radical (unpaired) electrons. The van der Waals surface area contributed by atoms with Crippen molar-refractivity contribution in [1.82, 2.24) is 4.98 Å². The van der Waals surface area contributed by atoms with Crippen molar-refractivity contribution in [3.63, 3.8) is 0 Å². The molecule has 4 heteroatoms. The first-order chi connectivity index (χ1) is 8.76. The van der Waals surface area contributed by atoms with E-state index in [-0.39, 0.29) is 0 Å². The maximum Gasteiger partial charge on any atom is 0.119 e. The number of methoxy groups -OCH3 is 1. The van der Waals surface area contributed by atoms with E-state index in [1.807, 2.05) is 43.6 Å². The fourth-order valence-electron chi connectivity index (χ4n) is 1.77. The molecule has 0 saturated carbocycles. The normalized spacial score (nSPS) is 10.2. The van der Waals surface area contributed by atoms with E-state index in [4.69, 9.17) is 16.3 Å². The van der Waals surface area contributed by atoms with Crippen molar-refractivity contribution in [3.8, 4) is 5.75 Å². The lowest BCUT2D eigenvalue weighted by molar-refractivity contribution is 0.415. The molecule has 0 unspecified atom stereocenters. The third-order valence-corrected chi connectivity index (χ3v) is 3.14. The highest BCUT2D eigenvalue weighted by atomic mass is 35.5. The fourth-order valence-corrected chi connectivity index (χ4v) is 2.00. The van der Waals surface area contributed by atoms with Crippen molar-refractivity contribution in [3.05, 3.63) is 48.3 Å². The smallest absolute Gasteiger partial charge is 0.119 e. The maximum atomic E-state index is 5.94. The van der Waals surface area contributed by atoms with E-state index in [9.17, 15) is 0 Å². The van der Waals surface area contributed by atoms with Gasteiger partial charge in [-0.05, 0) is 35.9 Å². The van der Waals surface area contributed by atoms with Gasteiger partial charge in [0.1, 0.15) is 5.75 Å². The van der Waals surface area contributed by atoms with Crippen LogP contribution in [0, 0.1) is 0 Å². The van der Waals surface area contributed by atoms with Gasteiger partial charge in [-0.25, -0.2) is 0 Å². The summed E-state index contributed by atoms with van der Waals surface area (Å²) < 4.78 is 5.15. The standard InChI is InChI=1S/C14H15ClN2O/c1-17(12-3-5-13(18-2)6-4-12)14-10-16-8-7-11(14)9-15/h3-8,10H,9H2,1-2H3. The van der Waals surface area contributed by atoms with Crippen molar-refractivity contribution in [1.29, 1.82) is 0 Å². The summed E-state index contributed by atoms with van der Waals surface area (Å²) >= 11 is 5.94. The molecule has 0 aliphatic carbocycles. The number of benzene rings is 1. The number of anilines is 2. The van der Waals surface area contributed by atoms with Crippen LogP contribution in [0.5, 0.6) is 5.75 Å². The maximum absolute atomic E-state index is 5.94. The lowest BCUT2D eigenvalue weighted by Crippen LogP contribution is -2.11. The molecule has 0 N–H and O–H groups in total. The number of alkyl halides is 1. The molecule has 1 aromatic carbocycles. The first-order valence-corrected chi connectivity index (χ1v) is 6.16. The van der Waals surface area contributed by atoms with E-state index in [0.29, 0.717) is 5.88 Å². The summed E-state index contributed by atoms with van der Waals surface area (Å²) in [6, 6.07) is 9.81. The number of rotatable bonds is 4. The molecular weight excluding hydrogens is 248 g/mol. The van der Waals surface area contributed by atoms with Crippen LogP contribution >= 0.6 is 11.6 Å². The second kappa shape index (κ2) is 5.74. The van der Waals surface area contributed by atoms with E-state index in [2.05, 4.69) is 9.88 Å². The summed E-state index contributed by atoms with van der Waals surface area (Å²) in [4.78, 5) is 6.21. The van der Waals surface area contributed by atoms with Gasteiger partial charge in [0, 0.05) is 24.8 Å². The molecule has 0 aliphatic heterocycles. The monoisotopic (exact) mass is 262 g/mol. The summed E-state index contributed by atoms with van der Waals surface area (Å²) in [5, 5.41) is 0. The van der Waals surface area contributed by atoms with Crippen LogP contribution in [-0.4, -0.2) is 19.1 Å². The zero-order valence-corrected chi connectivity index (χ0v) is 11.2. The van der Waals surface area contributed by atoms with Crippen LogP contribution in [0.3, 0.4) is 0 Å². The summed E-state index contributed by atoms with van der Waals surface area (Å²) in [6.45, 7) is 0. The van der Waals surface area contributed by atoms with Crippen molar-refractivity contribution in [2.24, 2.45) is 0 Å². The summed E-state index contributed by atoms with van der Waals surface area (Å²) in [7, 11) is 3.65. The minimum absolute atomic E-state index is 0.471. The first-order valence-electron chi connectivity index (χ1n) is 5.63. The SMILES string of the molecule is COc1ccc(N(C)c2cnccc2CCl)cc1. The van der Waals surface area contributed by atoms with Crippen molar-refractivity contribution in [2.75, 3.05) is 19.1 Å². The van der Waals surface area contributed by atoms with E-state index in [1.165, 1.54) is 0 Å². The molecule has 2 aromatic rings. The molecule has 0 fully saturated rings. The van der Waals surface area contributed by atoms with Crippen LogP contribution in [-0.2, 0) is 5.88 Å². The number of hydrogen-bond donors (Lipinski definition) is 0. The highest BCUT2D eigenvalue weighted by Crippen LogP contribution is 2.28. The van der Waals surface area contributed by atoms with Crippen LogP contribution in [0.15, 0.2) is 42.7 Å². The average Bonchev–Trinajstić information content (AvgIpc) is 2.46. The molecule has 1 heterocycles. The van der Waals surface area contributed by atoms with Gasteiger partial charge in [-0.3, -0.25) is 4.98 Å². The summed E-state index contributed by atoms with van der Waals surface area (Å²) in [5.74, 6) is 1.31. The van der Waals surface area contributed by atoms with Crippen LogP contribution in [0.2, 0.25) is 0 Å². The van der Waals surface area contributed by atoms with Crippen LogP contribution < -0.4 is 9.64 Å². The predicted octanol–water partition coefficient (Wildman–Crippen LogP) is 3.60. The third-order valence-electron chi connectivity index (χ3n) is 2.85. The molecule has 94 valence electrons. The van der Waals surface area contributed by atoms with E-state index < -0.39 is 0 Å². The van der Waals surface area contributed by atoms with Gasteiger partial charge in [-0.15, -0.1) is 11.6 Å². The largest absolute Gasteiger partial charge is 0.497 e. The molecule has 0 saturated heterocycles. The Kier molecular flexibility index (Phi) is 4.05. The number of hydrogen-bond acceptors (Lipinski definition) is 3. The number of halogens is 1. The second-order valence-electron chi connectivity index (χ2n) is 3.90. The predicted molar refractivity (Wildman–Crippen MR) is 74.9 cm³/mol. The van der Waals surface area contributed by atoms with Crippen molar-refractivity contribution < 1.29 is 4.74 Å². The highest BCUT2D eigenvalue weighted by molar-refractivity contribution is 6.17. The van der Waals surface area contributed by atoms with Crippen LogP contribution in [0.1, 0.15) is 5.56 Å².